The average molecular weight is 177 g/mol. The summed E-state index contributed by atoms with van der Waals surface area (Å²) < 4.78 is 5.16. The van der Waals surface area contributed by atoms with Crippen LogP contribution >= 0.6 is 0 Å². The van der Waals surface area contributed by atoms with Gasteiger partial charge >= 0.3 is 6.09 Å². The van der Waals surface area contributed by atoms with E-state index in [1.54, 1.807) is 11.9 Å². The van der Waals surface area contributed by atoms with Crippen LogP contribution in [0.25, 0.3) is 0 Å². The number of carbonyl (C=O) groups excluding carboxylic acids is 1. The van der Waals surface area contributed by atoms with E-state index in [-0.39, 0.29) is 6.09 Å². The van der Waals surface area contributed by atoms with Gasteiger partial charge in [-0.3, -0.25) is 0 Å². The van der Waals surface area contributed by atoms with Crippen LogP contribution in [0.1, 0.15) is 5.56 Å². The topological polar surface area (TPSA) is 29.5 Å². The SMILES string of the molecule is CN1CCc2ccccc2OC1=O. The predicted molar refractivity (Wildman–Crippen MR) is 48.8 cm³/mol. The van der Waals surface area contributed by atoms with Crippen LogP contribution in [0.15, 0.2) is 24.3 Å². The van der Waals surface area contributed by atoms with Crippen LogP contribution in [0, 0.1) is 0 Å². The van der Waals surface area contributed by atoms with Gasteiger partial charge in [0.15, 0.2) is 0 Å². The van der Waals surface area contributed by atoms with E-state index in [9.17, 15) is 4.79 Å². The third-order valence-corrected chi connectivity index (χ3v) is 2.20. The lowest BCUT2D eigenvalue weighted by molar-refractivity contribution is 0.167. The van der Waals surface area contributed by atoms with E-state index < -0.39 is 0 Å². The zero-order chi connectivity index (χ0) is 9.26. The maximum atomic E-state index is 11.3. The third kappa shape index (κ3) is 1.49. The van der Waals surface area contributed by atoms with Crippen molar-refractivity contribution in [2.45, 2.75) is 6.42 Å². The van der Waals surface area contributed by atoms with Gasteiger partial charge in [0.2, 0.25) is 0 Å². The third-order valence-electron chi connectivity index (χ3n) is 2.20. The highest BCUT2D eigenvalue weighted by Gasteiger charge is 2.17. The normalized spacial score (nSPS) is 16.1. The molecule has 0 bridgehead atoms. The lowest BCUT2D eigenvalue weighted by Crippen LogP contribution is -2.29. The van der Waals surface area contributed by atoms with Crippen molar-refractivity contribution in [1.82, 2.24) is 4.90 Å². The largest absolute Gasteiger partial charge is 0.414 e. The molecule has 1 aliphatic heterocycles. The van der Waals surface area contributed by atoms with Gasteiger partial charge in [-0.15, -0.1) is 0 Å². The maximum absolute atomic E-state index is 11.3. The minimum absolute atomic E-state index is 0.273. The monoisotopic (exact) mass is 177 g/mol. The first kappa shape index (κ1) is 8.10. The molecule has 0 aromatic heterocycles. The molecular weight excluding hydrogens is 166 g/mol. The summed E-state index contributed by atoms with van der Waals surface area (Å²) in [6.07, 6.45) is 0.586. The highest BCUT2D eigenvalue weighted by atomic mass is 16.6. The number of benzene rings is 1. The predicted octanol–water partition coefficient (Wildman–Crippen LogP) is 1.67. The zero-order valence-electron chi connectivity index (χ0n) is 7.49. The molecule has 0 spiro atoms. The van der Waals surface area contributed by atoms with E-state index in [1.165, 1.54) is 0 Å². The highest BCUT2D eigenvalue weighted by Crippen LogP contribution is 2.21. The van der Waals surface area contributed by atoms with Gasteiger partial charge in [0.05, 0.1) is 0 Å². The van der Waals surface area contributed by atoms with Gasteiger partial charge in [-0.2, -0.15) is 0 Å². The standard InChI is InChI=1S/C10H11NO2/c1-11-7-6-8-4-2-3-5-9(8)13-10(11)12/h2-5H,6-7H2,1H3. The number of rotatable bonds is 0. The van der Waals surface area contributed by atoms with Gasteiger partial charge in [-0.25, -0.2) is 4.79 Å². The van der Waals surface area contributed by atoms with Gasteiger partial charge < -0.3 is 9.64 Å². The van der Waals surface area contributed by atoms with Crippen LogP contribution in [0.4, 0.5) is 4.79 Å². The number of fused-ring (bicyclic) bond motifs is 1. The van der Waals surface area contributed by atoms with Crippen molar-refractivity contribution in [1.29, 1.82) is 0 Å². The fraction of sp³-hybridized carbons (Fsp3) is 0.300. The van der Waals surface area contributed by atoms with Crippen molar-refractivity contribution in [3.05, 3.63) is 29.8 Å². The molecule has 3 nitrogen and oxygen atoms in total. The summed E-state index contributed by atoms with van der Waals surface area (Å²) >= 11 is 0. The summed E-state index contributed by atoms with van der Waals surface area (Å²) in [6.45, 7) is 0.718. The number of para-hydroxylation sites is 1. The second-order valence-corrected chi connectivity index (χ2v) is 3.15. The van der Waals surface area contributed by atoms with Crippen LogP contribution in [0.2, 0.25) is 0 Å². The fourth-order valence-corrected chi connectivity index (χ4v) is 1.36. The van der Waals surface area contributed by atoms with Crippen molar-refractivity contribution in [2.75, 3.05) is 13.6 Å². The van der Waals surface area contributed by atoms with Crippen molar-refractivity contribution in [3.8, 4) is 5.75 Å². The molecule has 2 rings (SSSR count). The van der Waals surface area contributed by atoms with Gasteiger partial charge in [-0.05, 0) is 18.1 Å². The van der Waals surface area contributed by atoms with Crippen molar-refractivity contribution >= 4 is 6.09 Å². The molecule has 13 heavy (non-hydrogen) atoms. The molecule has 1 heterocycles. The van der Waals surface area contributed by atoms with Gasteiger partial charge in [0.25, 0.3) is 0 Å². The number of ether oxygens (including phenoxy) is 1. The van der Waals surface area contributed by atoms with E-state index >= 15 is 0 Å². The van der Waals surface area contributed by atoms with Crippen molar-refractivity contribution in [3.63, 3.8) is 0 Å². The van der Waals surface area contributed by atoms with Crippen LogP contribution in [-0.2, 0) is 6.42 Å². The van der Waals surface area contributed by atoms with Crippen molar-refractivity contribution < 1.29 is 9.53 Å². The Hall–Kier alpha value is -1.51. The Kier molecular flexibility index (Phi) is 1.93. The number of carbonyl (C=O) groups is 1. The fourth-order valence-electron chi connectivity index (χ4n) is 1.36. The molecule has 0 saturated heterocycles. The number of nitrogens with zero attached hydrogens (tertiary/aromatic N) is 1. The smallest absolute Gasteiger partial charge is 0.410 e. The second-order valence-electron chi connectivity index (χ2n) is 3.15. The first-order valence-corrected chi connectivity index (χ1v) is 4.28. The number of hydrogen-bond acceptors (Lipinski definition) is 2. The lowest BCUT2D eigenvalue weighted by Gasteiger charge is -2.10. The Morgan fingerprint density at radius 1 is 1.38 bits per heavy atom. The summed E-state index contributed by atoms with van der Waals surface area (Å²) in [7, 11) is 1.74. The van der Waals surface area contributed by atoms with Gasteiger partial charge in [0.1, 0.15) is 5.75 Å². The minimum Gasteiger partial charge on any atom is -0.410 e. The highest BCUT2D eigenvalue weighted by molar-refractivity contribution is 5.71. The van der Waals surface area contributed by atoms with Crippen LogP contribution < -0.4 is 4.74 Å². The zero-order valence-corrected chi connectivity index (χ0v) is 7.49. The Balaban J connectivity index is 2.35. The first-order chi connectivity index (χ1) is 6.27. The van der Waals surface area contributed by atoms with E-state index in [1.807, 2.05) is 24.3 Å². The Morgan fingerprint density at radius 3 is 3.00 bits per heavy atom. The molecule has 0 unspecified atom stereocenters. The van der Waals surface area contributed by atoms with Crippen LogP contribution in [0.3, 0.4) is 0 Å². The average Bonchev–Trinajstić information content (AvgIpc) is 2.28. The molecule has 1 aliphatic rings. The van der Waals surface area contributed by atoms with Crippen LogP contribution in [-0.4, -0.2) is 24.6 Å². The molecular formula is C10H11NO2. The summed E-state index contributed by atoms with van der Waals surface area (Å²) in [5.41, 5.74) is 1.10. The van der Waals surface area contributed by atoms with Crippen molar-refractivity contribution in [2.24, 2.45) is 0 Å². The Bertz CT molecular complexity index is 335. The molecule has 68 valence electrons. The lowest BCUT2D eigenvalue weighted by atomic mass is 10.1. The number of hydrogen-bond donors (Lipinski definition) is 0. The quantitative estimate of drug-likeness (QED) is 0.603. The molecule has 3 heteroatoms. The number of amides is 1. The van der Waals surface area contributed by atoms with E-state index in [2.05, 4.69) is 0 Å². The first-order valence-electron chi connectivity index (χ1n) is 4.28. The molecule has 1 aromatic carbocycles. The Labute approximate surface area is 76.9 Å². The molecule has 1 amide bonds. The summed E-state index contributed by atoms with van der Waals surface area (Å²) in [6, 6.07) is 7.64. The van der Waals surface area contributed by atoms with E-state index in [0.29, 0.717) is 5.75 Å². The summed E-state index contributed by atoms with van der Waals surface area (Å²) in [4.78, 5) is 12.9. The maximum Gasteiger partial charge on any atom is 0.414 e. The number of likely N-dealkylation sites (N-methyl/N-ethyl adjacent to an activating group) is 1. The molecule has 0 fully saturated rings. The minimum atomic E-state index is -0.273. The second kappa shape index (κ2) is 3.09. The molecule has 0 atom stereocenters. The molecule has 0 aliphatic carbocycles. The summed E-state index contributed by atoms with van der Waals surface area (Å²) in [5.74, 6) is 0.692. The molecule has 0 N–H and O–H groups in total. The van der Waals surface area contributed by atoms with Gasteiger partial charge in [0, 0.05) is 13.6 Å². The van der Waals surface area contributed by atoms with Gasteiger partial charge in [-0.1, -0.05) is 18.2 Å². The molecule has 0 saturated carbocycles. The van der Waals surface area contributed by atoms with Crippen LogP contribution in [0.5, 0.6) is 5.75 Å². The molecule has 1 aromatic rings. The summed E-state index contributed by atoms with van der Waals surface area (Å²) in [5, 5.41) is 0. The van der Waals surface area contributed by atoms with E-state index in [4.69, 9.17) is 4.74 Å². The Morgan fingerprint density at radius 2 is 2.15 bits per heavy atom. The van der Waals surface area contributed by atoms with E-state index in [0.717, 1.165) is 18.5 Å². The molecule has 0 radical (unpaired) electrons.